The highest BCUT2D eigenvalue weighted by Crippen LogP contribution is 2.30. The molecule has 0 spiro atoms. The van der Waals surface area contributed by atoms with E-state index in [1.807, 2.05) is 12.1 Å². The van der Waals surface area contributed by atoms with Gasteiger partial charge in [0.15, 0.2) is 17.3 Å². The van der Waals surface area contributed by atoms with Crippen LogP contribution >= 0.6 is 0 Å². The number of phenolic OH excluding ortho intramolecular Hbond substituents is 2. The lowest BCUT2D eigenvalue weighted by atomic mass is 10.1. The third kappa shape index (κ3) is 2.94. The second-order valence-electron chi connectivity index (χ2n) is 6.23. The van der Waals surface area contributed by atoms with E-state index in [2.05, 4.69) is 20.0 Å². The summed E-state index contributed by atoms with van der Waals surface area (Å²) in [6, 6.07) is 9.37. The molecule has 6 heteroatoms. The minimum absolute atomic E-state index is 0.133. The first-order valence-corrected chi connectivity index (χ1v) is 8.06. The van der Waals surface area contributed by atoms with E-state index in [1.54, 1.807) is 6.07 Å². The fourth-order valence-electron chi connectivity index (χ4n) is 3.09. The van der Waals surface area contributed by atoms with E-state index in [0.29, 0.717) is 5.69 Å². The van der Waals surface area contributed by atoms with Crippen molar-refractivity contribution in [2.45, 2.75) is 18.9 Å². The molecule has 2 aromatic rings. The van der Waals surface area contributed by atoms with Gasteiger partial charge in [-0.05, 0) is 43.2 Å². The highest BCUT2D eigenvalue weighted by molar-refractivity contribution is 5.63. The molecular formula is C17H20N4O2. The van der Waals surface area contributed by atoms with Gasteiger partial charge in [0.25, 0.3) is 0 Å². The van der Waals surface area contributed by atoms with Crippen molar-refractivity contribution in [3.8, 4) is 22.8 Å². The number of piperazine rings is 1. The highest BCUT2D eigenvalue weighted by atomic mass is 16.3. The number of hydrogen-bond donors (Lipinski definition) is 2. The summed E-state index contributed by atoms with van der Waals surface area (Å²) >= 11 is 0. The second kappa shape index (κ2) is 5.70. The second-order valence-corrected chi connectivity index (χ2v) is 6.23. The Kier molecular flexibility index (Phi) is 3.53. The number of hydrogen-bond acceptors (Lipinski definition) is 6. The lowest BCUT2D eigenvalue weighted by Crippen LogP contribution is -2.47. The van der Waals surface area contributed by atoms with E-state index in [4.69, 9.17) is 0 Å². The standard InChI is InChI=1S/C17H20N4O2/c22-15-5-1-12(11-16(15)23)14-4-6-17(19-18-14)21-9-7-20(8-10-21)13-2-3-13/h1,4-6,11,13,22-23H,2-3,7-10H2. The summed E-state index contributed by atoms with van der Waals surface area (Å²) in [5.74, 6) is 0.614. The number of rotatable bonds is 3. The summed E-state index contributed by atoms with van der Waals surface area (Å²) < 4.78 is 0. The van der Waals surface area contributed by atoms with Crippen molar-refractivity contribution in [1.82, 2.24) is 15.1 Å². The van der Waals surface area contributed by atoms with Gasteiger partial charge in [-0.1, -0.05) is 0 Å². The van der Waals surface area contributed by atoms with Crippen LogP contribution < -0.4 is 4.90 Å². The monoisotopic (exact) mass is 312 g/mol. The Morgan fingerprint density at radius 1 is 0.870 bits per heavy atom. The molecule has 2 aliphatic rings. The van der Waals surface area contributed by atoms with Gasteiger partial charge in [0.2, 0.25) is 0 Å². The van der Waals surface area contributed by atoms with E-state index in [0.717, 1.165) is 43.6 Å². The van der Waals surface area contributed by atoms with Crippen LogP contribution in [0.2, 0.25) is 0 Å². The van der Waals surface area contributed by atoms with Gasteiger partial charge in [-0.3, -0.25) is 4.90 Å². The highest BCUT2D eigenvalue weighted by Gasteiger charge is 2.31. The molecule has 1 saturated carbocycles. The quantitative estimate of drug-likeness (QED) is 0.843. The first kappa shape index (κ1) is 14.3. The minimum Gasteiger partial charge on any atom is -0.504 e. The van der Waals surface area contributed by atoms with Crippen molar-refractivity contribution in [2.24, 2.45) is 0 Å². The van der Waals surface area contributed by atoms with Gasteiger partial charge in [-0.15, -0.1) is 10.2 Å². The number of phenols is 2. The molecule has 0 bridgehead atoms. The molecule has 23 heavy (non-hydrogen) atoms. The van der Waals surface area contributed by atoms with Crippen molar-refractivity contribution in [1.29, 1.82) is 0 Å². The molecule has 4 rings (SSSR count). The minimum atomic E-state index is -0.149. The molecule has 1 aliphatic carbocycles. The number of aromatic hydroxyl groups is 2. The smallest absolute Gasteiger partial charge is 0.158 e. The predicted molar refractivity (Wildman–Crippen MR) is 87.6 cm³/mol. The summed E-state index contributed by atoms with van der Waals surface area (Å²) in [6.45, 7) is 4.18. The van der Waals surface area contributed by atoms with Crippen LogP contribution in [0.3, 0.4) is 0 Å². The van der Waals surface area contributed by atoms with Crippen LogP contribution in [-0.2, 0) is 0 Å². The average Bonchev–Trinajstić information content (AvgIpc) is 3.43. The molecule has 6 nitrogen and oxygen atoms in total. The molecule has 1 saturated heterocycles. The third-order valence-corrected chi connectivity index (χ3v) is 4.62. The number of aromatic nitrogens is 2. The van der Waals surface area contributed by atoms with Gasteiger partial charge in [-0.25, -0.2) is 0 Å². The maximum atomic E-state index is 9.58. The van der Waals surface area contributed by atoms with Crippen LogP contribution in [0.4, 0.5) is 5.82 Å². The maximum Gasteiger partial charge on any atom is 0.158 e. The lowest BCUT2D eigenvalue weighted by molar-refractivity contribution is 0.247. The van der Waals surface area contributed by atoms with Crippen LogP contribution in [0.15, 0.2) is 30.3 Å². The van der Waals surface area contributed by atoms with Crippen molar-refractivity contribution < 1.29 is 10.2 Å². The topological polar surface area (TPSA) is 72.7 Å². The molecule has 0 unspecified atom stereocenters. The molecule has 1 aliphatic heterocycles. The van der Waals surface area contributed by atoms with Crippen molar-refractivity contribution in [2.75, 3.05) is 31.1 Å². The average molecular weight is 312 g/mol. The van der Waals surface area contributed by atoms with Gasteiger partial charge in [0.1, 0.15) is 0 Å². The Labute approximate surface area is 135 Å². The van der Waals surface area contributed by atoms with Crippen molar-refractivity contribution in [3.63, 3.8) is 0 Å². The fraction of sp³-hybridized carbons (Fsp3) is 0.412. The van der Waals surface area contributed by atoms with E-state index in [9.17, 15) is 10.2 Å². The zero-order valence-electron chi connectivity index (χ0n) is 12.9. The third-order valence-electron chi connectivity index (χ3n) is 4.62. The SMILES string of the molecule is Oc1ccc(-c2ccc(N3CCN(C4CC4)CC3)nn2)cc1O. The van der Waals surface area contributed by atoms with Crippen LogP contribution in [0.25, 0.3) is 11.3 Å². The molecule has 1 aromatic carbocycles. The molecule has 2 fully saturated rings. The summed E-state index contributed by atoms with van der Waals surface area (Å²) in [4.78, 5) is 4.83. The lowest BCUT2D eigenvalue weighted by Gasteiger charge is -2.35. The Bertz CT molecular complexity index is 692. The molecule has 0 atom stereocenters. The molecular weight excluding hydrogens is 292 g/mol. The van der Waals surface area contributed by atoms with Gasteiger partial charge in [0.05, 0.1) is 5.69 Å². The van der Waals surface area contributed by atoms with E-state index in [-0.39, 0.29) is 11.5 Å². The first-order chi connectivity index (χ1) is 11.2. The number of benzene rings is 1. The van der Waals surface area contributed by atoms with Crippen LogP contribution in [-0.4, -0.2) is 57.5 Å². The van der Waals surface area contributed by atoms with E-state index < -0.39 is 0 Å². The summed E-state index contributed by atoms with van der Waals surface area (Å²) in [6.07, 6.45) is 2.71. The zero-order chi connectivity index (χ0) is 15.8. The zero-order valence-corrected chi connectivity index (χ0v) is 12.9. The number of nitrogens with zero attached hydrogens (tertiary/aromatic N) is 4. The Balaban J connectivity index is 1.46. The largest absolute Gasteiger partial charge is 0.504 e. The van der Waals surface area contributed by atoms with Crippen molar-refractivity contribution >= 4 is 5.82 Å². The summed E-state index contributed by atoms with van der Waals surface area (Å²) in [5.41, 5.74) is 1.42. The molecule has 0 radical (unpaired) electrons. The fourth-order valence-corrected chi connectivity index (χ4v) is 3.09. The molecule has 0 amide bonds. The van der Waals surface area contributed by atoms with Crippen LogP contribution in [0.5, 0.6) is 11.5 Å². The van der Waals surface area contributed by atoms with Crippen LogP contribution in [0, 0.1) is 0 Å². The predicted octanol–water partition coefficient (Wildman–Crippen LogP) is 1.84. The van der Waals surface area contributed by atoms with Gasteiger partial charge in [0, 0.05) is 37.8 Å². The maximum absolute atomic E-state index is 9.58. The van der Waals surface area contributed by atoms with Gasteiger partial charge >= 0.3 is 0 Å². The summed E-state index contributed by atoms with van der Waals surface area (Å²) in [5, 5.41) is 27.5. The van der Waals surface area contributed by atoms with E-state index in [1.165, 1.54) is 25.0 Å². The Morgan fingerprint density at radius 3 is 2.26 bits per heavy atom. The number of anilines is 1. The molecule has 120 valence electrons. The van der Waals surface area contributed by atoms with Crippen LogP contribution in [0.1, 0.15) is 12.8 Å². The first-order valence-electron chi connectivity index (χ1n) is 8.06. The van der Waals surface area contributed by atoms with Gasteiger partial charge < -0.3 is 15.1 Å². The molecule has 2 N–H and O–H groups in total. The summed E-state index contributed by atoms with van der Waals surface area (Å²) in [7, 11) is 0. The molecule has 2 heterocycles. The van der Waals surface area contributed by atoms with E-state index >= 15 is 0 Å². The Hall–Kier alpha value is -2.34. The van der Waals surface area contributed by atoms with Crippen molar-refractivity contribution in [3.05, 3.63) is 30.3 Å². The Morgan fingerprint density at radius 2 is 1.65 bits per heavy atom. The van der Waals surface area contributed by atoms with Gasteiger partial charge in [-0.2, -0.15) is 0 Å². The normalized spacial score (nSPS) is 19.0. The molecule has 1 aromatic heterocycles.